The van der Waals surface area contributed by atoms with E-state index in [0.717, 1.165) is 29.3 Å². The number of halogens is 1. The number of guanidine groups is 1. The molecular formula is C19H23FN4OS. The number of thioether (sulfide) groups is 1. The van der Waals surface area contributed by atoms with Crippen LogP contribution in [0, 0.1) is 5.82 Å². The van der Waals surface area contributed by atoms with Gasteiger partial charge < -0.3 is 16.0 Å². The zero-order chi connectivity index (χ0) is 18.6. The van der Waals surface area contributed by atoms with Crippen molar-refractivity contribution < 1.29 is 9.18 Å². The number of carbonyl (C=O) groups is 1. The van der Waals surface area contributed by atoms with E-state index in [1.807, 2.05) is 30.3 Å². The molecule has 26 heavy (non-hydrogen) atoms. The summed E-state index contributed by atoms with van der Waals surface area (Å²) in [7, 11) is 1.66. The molecule has 0 aliphatic heterocycles. The molecule has 5 nitrogen and oxygen atoms in total. The van der Waals surface area contributed by atoms with Crippen LogP contribution in [-0.4, -0.2) is 37.8 Å². The first-order chi connectivity index (χ1) is 12.7. The van der Waals surface area contributed by atoms with Crippen molar-refractivity contribution in [2.24, 2.45) is 4.99 Å². The Bertz CT molecular complexity index is 707. The van der Waals surface area contributed by atoms with Crippen LogP contribution < -0.4 is 16.0 Å². The fourth-order valence-electron chi connectivity index (χ4n) is 2.11. The topological polar surface area (TPSA) is 65.5 Å². The minimum atomic E-state index is -0.220. The van der Waals surface area contributed by atoms with Crippen LogP contribution in [-0.2, 0) is 4.79 Å². The molecule has 0 radical (unpaired) electrons. The smallest absolute Gasteiger partial charge is 0.243 e. The van der Waals surface area contributed by atoms with Gasteiger partial charge in [-0.2, -0.15) is 0 Å². The number of hydrogen-bond donors (Lipinski definition) is 3. The second-order valence-corrected chi connectivity index (χ2v) is 6.59. The van der Waals surface area contributed by atoms with E-state index in [4.69, 9.17) is 0 Å². The molecular weight excluding hydrogens is 351 g/mol. The quantitative estimate of drug-likeness (QED) is 0.287. The standard InChI is InChI=1S/C19H23FN4OS/c1-21-19(23-14-18(25)24-16-6-3-2-4-7-16)22-12-5-13-26-17-10-8-15(20)9-11-17/h2-4,6-11H,5,12-14H2,1H3,(H,24,25)(H2,21,22,23). The maximum Gasteiger partial charge on any atom is 0.243 e. The maximum absolute atomic E-state index is 12.8. The summed E-state index contributed by atoms with van der Waals surface area (Å²) in [4.78, 5) is 17.0. The molecule has 0 spiro atoms. The number of nitrogens with zero attached hydrogens (tertiary/aromatic N) is 1. The Morgan fingerprint density at radius 1 is 1.08 bits per heavy atom. The Labute approximate surface area is 157 Å². The first kappa shape index (κ1) is 19.8. The Kier molecular flexibility index (Phi) is 8.48. The lowest BCUT2D eigenvalue weighted by molar-refractivity contribution is -0.115. The van der Waals surface area contributed by atoms with Crippen molar-refractivity contribution >= 4 is 29.3 Å². The van der Waals surface area contributed by atoms with Crippen molar-refractivity contribution in [1.29, 1.82) is 0 Å². The third kappa shape index (κ3) is 7.57. The number of carbonyl (C=O) groups excluding carboxylic acids is 1. The average molecular weight is 374 g/mol. The summed E-state index contributed by atoms with van der Waals surface area (Å²) < 4.78 is 12.8. The summed E-state index contributed by atoms with van der Waals surface area (Å²) in [6.07, 6.45) is 0.916. The molecule has 0 aliphatic carbocycles. The van der Waals surface area contributed by atoms with Gasteiger partial charge in [-0.3, -0.25) is 9.79 Å². The van der Waals surface area contributed by atoms with Crippen LogP contribution >= 0.6 is 11.8 Å². The van der Waals surface area contributed by atoms with Crippen LogP contribution in [0.25, 0.3) is 0 Å². The zero-order valence-electron chi connectivity index (χ0n) is 14.7. The molecule has 138 valence electrons. The Balaban J connectivity index is 1.60. The highest BCUT2D eigenvalue weighted by atomic mass is 32.2. The monoisotopic (exact) mass is 374 g/mol. The number of para-hydroxylation sites is 1. The van der Waals surface area contributed by atoms with Gasteiger partial charge in [0.05, 0.1) is 6.54 Å². The van der Waals surface area contributed by atoms with Crippen molar-refractivity contribution in [3.63, 3.8) is 0 Å². The number of nitrogens with one attached hydrogen (secondary N) is 3. The number of amides is 1. The molecule has 0 atom stereocenters. The zero-order valence-corrected chi connectivity index (χ0v) is 15.5. The van der Waals surface area contributed by atoms with Crippen LogP contribution in [0.5, 0.6) is 0 Å². The van der Waals surface area contributed by atoms with Crippen molar-refractivity contribution in [3.8, 4) is 0 Å². The molecule has 0 aromatic heterocycles. The fraction of sp³-hybridized carbons (Fsp3) is 0.263. The van der Waals surface area contributed by atoms with E-state index < -0.39 is 0 Å². The molecule has 0 fully saturated rings. The molecule has 2 aromatic rings. The maximum atomic E-state index is 12.8. The molecule has 0 saturated heterocycles. The molecule has 0 heterocycles. The average Bonchev–Trinajstić information content (AvgIpc) is 2.66. The lowest BCUT2D eigenvalue weighted by Gasteiger charge is -2.12. The van der Waals surface area contributed by atoms with Crippen LogP contribution in [0.2, 0.25) is 0 Å². The van der Waals surface area contributed by atoms with Crippen molar-refractivity contribution in [2.75, 3.05) is 31.2 Å². The summed E-state index contributed by atoms with van der Waals surface area (Å²) in [6, 6.07) is 15.8. The van der Waals surface area contributed by atoms with Gasteiger partial charge in [-0.1, -0.05) is 18.2 Å². The van der Waals surface area contributed by atoms with Gasteiger partial charge in [-0.05, 0) is 48.6 Å². The number of rotatable bonds is 8. The third-order valence-corrected chi connectivity index (χ3v) is 4.49. The summed E-state index contributed by atoms with van der Waals surface area (Å²) in [6.45, 7) is 0.868. The number of anilines is 1. The van der Waals surface area contributed by atoms with Gasteiger partial charge in [0, 0.05) is 24.2 Å². The predicted molar refractivity (Wildman–Crippen MR) is 106 cm³/mol. The molecule has 0 aliphatic rings. The summed E-state index contributed by atoms with van der Waals surface area (Å²) >= 11 is 1.68. The van der Waals surface area contributed by atoms with Gasteiger partial charge in [0.2, 0.25) is 5.91 Å². The fourth-order valence-corrected chi connectivity index (χ4v) is 2.96. The molecule has 0 saturated carbocycles. The molecule has 0 unspecified atom stereocenters. The van der Waals surface area contributed by atoms with E-state index in [1.54, 1.807) is 30.9 Å². The SMILES string of the molecule is CN=C(NCCCSc1ccc(F)cc1)NCC(=O)Nc1ccccc1. The van der Waals surface area contributed by atoms with Crippen molar-refractivity contribution in [2.45, 2.75) is 11.3 Å². The van der Waals surface area contributed by atoms with E-state index in [1.165, 1.54) is 12.1 Å². The van der Waals surface area contributed by atoms with Gasteiger partial charge in [0.1, 0.15) is 5.82 Å². The third-order valence-electron chi connectivity index (χ3n) is 3.39. The Morgan fingerprint density at radius 3 is 2.50 bits per heavy atom. The molecule has 0 bridgehead atoms. The Hall–Kier alpha value is -2.54. The van der Waals surface area contributed by atoms with E-state index in [-0.39, 0.29) is 18.3 Å². The van der Waals surface area contributed by atoms with Gasteiger partial charge in [0.25, 0.3) is 0 Å². The van der Waals surface area contributed by atoms with Crippen LogP contribution in [0.1, 0.15) is 6.42 Å². The van der Waals surface area contributed by atoms with E-state index in [2.05, 4.69) is 20.9 Å². The van der Waals surface area contributed by atoms with Gasteiger partial charge >= 0.3 is 0 Å². The van der Waals surface area contributed by atoms with Gasteiger partial charge in [-0.25, -0.2) is 4.39 Å². The molecule has 2 aromatic carbocycles. The second-order valence-electron chi connectivity index (χ2n) is 5.42. The van der Waals surface area contributed by atoms with Crippen molar-refractivity contribution in [3.05, 3.63) is 60.4 Å². The number of aliphatic imine (C=N–C) groups is 1. The van der Waals surface area contributed by atoms with Crippen LogP contribution in [0.4, 0.5) is 10.1 Å². The highest BCUT2D eigenvalue weighted by molar-refractivity contribution is 7.99. The lowest BCUT2D eigenvalue weighted by Crippen LogP contribution is -2.41. The van der Waals surface area contributed by atoms with E-state index in [0.29, 0.717) is 5.96 Å². The highest BCUT2D eigenvalue weighted by Gasteiger charge is 2.04. The van der Waals surface area contributed by atoms with E-state index >= 15 is 0 Å². The molecule has 7 heteroatoms. The van der Waals surface area contributed by atoms with Gasteiger partial charge in [-0.15, -0.1) is 11.8 Å². The molecule has 1 amide bonds. The minimum absolute atomic E-state index is 0.133. The number of benzene rings is 2. The van der Waals surface area contributed by atoms with Gasteiger partial charge in [0.15, 0.2) is 5.96 Å². The predicted octanol–water partition coefficient (Wildman–Crippen LogP) is 3.11. The largest absolute Gasteiger partial charge is 0.356 e. The molecule has 2 rings (SSSR count). The van der Waals surface area contributed by atoms with Crippen LogP contribution in [0.3, 0.4) is 0 Å². The lowest BCUT2D eigenvalue weighted by atomic mass is 10.3. The molecule has 3 N–H and O–H groups in total. The Morgan fingerprint density at radius 2 is 1.81 bits per heavy atom. The summed E-state index contributed by atoms with van der Waals surface area (Å²) in [5.41, 5.74) is 0.764. The normalized spacial score (nSPS) is 11.1. The summed E-state index contributed by atoms with van der Waals surface area (Å²) in [5.74, 6) is 1.14. The highest BCUT2D eigenvalue weighted by Crippen LogP contribution is 2.18. The summed E-state index contributed by atoms with van der Waals surface area (Å²) in [5, 5.41) is 8.96. The first-order valence-electron chi connectivity index (χ1n) is 8.35. The van der Waals surface area contributed by atoms with Crippen LogP contribution in [0.15, 0.2) is 64.5 Å². The minimum Gasteiger partial charge on any atom is -0.356 e. The number of hydrogen-bond acceptors (Lipinski definition) is 3. The first-order valence-corrected chi connectivity index (χ1v) is 9.34. The van der Waals surface area contributed by atoms with E-state index in [9.17, 15) is 9.18 Å². The van der Waals surface area contributed by atoms with Crippen molar-refractivity contribution in [1.82, 2.24) is 10.6 Å². The second kappa shape index (κ2) is 11.1.